The summed E-state index contributed by atoms with van der Waals surface area (Å²) in [4.78, 5) is 23.1. The van der Waals surface area contributed by atoms with E-state index in [2.05, 4.69) is 49.8 Å². The number of hydrogen-bond acceptors (Lipinski definition) is 7. The Balaban J connectivity index is 1.07. The van der Waals surface area contributed by atoms with Crippen LogP contribution < -0.4 is 16.4 Å². The van der Waals surface area contributed by atoms with E-state index < -0.39 is 6.10 Å². The average molecular weight is 437 g/mol. The van der Waals surface area contributed by atoms with Gasteiger partial charge in [0.25, 0.3) is 5.91 Å². The molecule has 2 heterocycles. The minimum Gasteiger partial charge on any atom is -0.390 e. The van der Waals surface area contributed by atoms with Crippen LogP contribution in [0.4, 0.5) is 5.82 Å². The summed E-state index contributed by atoms with van der Waals surface area (Å²) in [6.07, 6.45) is 6.22. The fraction of sp³-hybridized carbons (Fsp3) is 0.542. The Hall–Kier alpha value is -2.55. The zero-order chi connectivity index (χ0) is 22.1. The molecule has 32 heavy (non-hydrogen) atoms. The van der Waals surface area contributed by atoms with Gasteiger partial charge >= 0.3 is 0 Å². The summed E-state index contributed by atoms with van der Waals surface area (Å²) < 4.78 is 0. The number of carbonyl (C=O) groups excluding carboxylic acids is 1. The maximum Gasteiger partial charge on any atom is 0.270 e. The third-order valence-corrected chi connectivity index (χ3v) is 7.18. The minimum atomic E-state index is -0.636. The number of aromatic nitrogens is 2. The number of anilines is 1. The van der Waals surface area contributed by atoms with Gasteiger partial charge in [-0.15, -0.1) is 0 Å². The molecule has 5 N–H and O–H groups in total. The van der Waals surface area contributed by atoms with Crippen molar-refractivity contribution >= 4 is 11.7 Å². The first-order valence-electron chi connectivity index (χ1n) is 11.6. The lowest BCUT2D eigenvalue weighted by molar-refractivity contribution is 0.00110. The van der Waals surface area contributed by atoms with Gasteiger partial charge in [-0.1, -0.05) is 24.3 Å². The molecule has 2 saturated carbocycles. The minimum absolute atomic E-state index is 0.190. The van der Waals surface area contributed by atoms with Crippen LogP contribution in [-0.2, 0) is 13.0 Å². The molecular formula is C24H32N6O2. The van der Waals surface area contributed by atoms with E-state index in [-0.39, 0.29) is 12.5 Å². The van der Waals surface area contributed by atoms with E-state index in [9.17, 15) is 9.90 Å². The summed E-state index contributed by atoms with van der Waals surface area (Å²) in [6, 6.07) is 10.9. The highest BCUT2D eigenvalue weighted by atomic mass is 16.3. The molecule has 1 spiro atoms. The lowest BCUT2D eigenvalue weighted by Gasteiger charge is -2.57. The molecule has 1 aromatic heterocycles. The number of fused-ring (bicyclic) bond motifs is 1. The van der Waals surface area contributed by atoms with Crippen molar-refractivity contribution in [3.8, 4) is 0 Å². The lowest BCUT2D eigenvalue weighted by Crippen LogP contribution is -2.57. The second-order valence-corrected chi connectivity index (χ2v) is 9.82. The van der Waals surface area contributed by atoms with Crippen LogP contribution in [0.5, 0.6) is 0 Å². The van der Waals surface area contributed by atoms with Crippen LogP contribution >= 0.6 is 0 Å². The number of hydrogen-bond donors (Lipinski definition) is 4. The van der Waals surface area contributed by atoms with E-state index in [1.54, 1.807) is 6.07 Å². The predicted molar refractivity (Wildman–Crippen MR) is 122 cm³/mol. The number of β-amino-alcohol motifs (C(OH)–C–C–N with tert-alkyl or cyclic N) is 1. The zero-order valence-corrected chi connectivity index (χ0v) is 18.3. The van der Waals surface area contributed by atoms with Gasteiger partial charge < -0.3 is 21.5 Å². The molecular weight excluding hydrogens is 404 g/mol. The van der Waals surface area contributed by atoms with Crippen LogP contribution in [0.3, 0.4) is 0 Å². The smallest absolute Gasteiger partial charge is 0.270 e. The number of nitrogens with one attached hydrogen (secondary N) is 2. The van der Waals surface area contributed by atoms with Crippen molar-refractivity contribution in [3.05, 3.63) is 53.5 Å². The number of aliphatic hydroxyl groups is 1. The summed E-state index contributed by atoms with van der Waals surface area (Å²) in [5, 5.41) is 16.7. The van der Waals surface area contributed by atoms with E-state index >= 15 is 0 Å². The first-order valence-corrected chi connectivity index (χ1v) is 11.6. The maximum absolute atomic E-state index is 12.6. The quantitative estimate of drug-likeness (QED) is 0.517. The fourth-order valence-corrected chi connectivity index (χ4v) is 5.62. The molecule has 1 unspecified atom stereocenters. The zero-order valence-electron chi connectivity index (χ0n) is 18.3. The van der Waals surface area contributed by atoms with Crippen molar-refractivity contribution < 1.29 is 9.90 Å². The Kier molecular flexibility index (Phi) is 5.84. The van der Waals surface area contributed by atoms with E-state index in [0.29, 0.717) is 35.6 Å². The summed E-state index contributed by atoms with van der Waals surface area (Å²) in [7, 11) is 0. The van der Waals surface area contributed by atoms with E-state index in [4.69, 9.17) is 5.73 Å². The molecule has 2 aliphatic carbocycles. The Bertz CT molecular complexity index is 968. The molecule has 8 heteroatoms. The van der Waals surface area contributed by atoms with Crippen molar-refractivity contribution in [2.45, 2.75) is 56.8 Å². The summed E-state index contributed by atoms with van der Waals surface area (Å²) in [5.74, 6) is 0.370. The second kappa shape index (κ2) is 8.77. The van der Waals surface area contributed by atoms with Crippen LogP contribution in [0.15, 0.2) is 36.7 Å². The van der Waals surface area contributed by atoms with Crippen LogP contribution in [0.25, 0.3) is 0 Å². The van der Waals surface area contributed by atoms with Crippen LogP contribution in [0.1, 0.15) is 47.3 Å². The van der Waals surface area contributed by atoms with Gasteiger partial charge in [-0.2, -0.15) is 0 Å². The number of nitrogens with zero attached hydrogens (tertiary/aromatic N) is 3. The molecule has 2 fully saturated rings. The molecule has 0 radical (unpaired) electrons. The first kappa shape index (κ1) is 21.3. The molecule has 1 aliphatic heterocycles. The predicted octanol–water partition coefficient (Wildman–Crippen LogP) is 1.31. The number of aliphatic hydroxyl groups excluding tert-OH is 1. The Labute approximate surface area is 188 Å². The van der Waals surface area contributed by atoms with Gasteiger partial charge in [-0.25, -0.2) is 9.97 Å². The molecule has 1 amide bonds. The Morgan fingerprint density at radius 1 is 1.22 bits per heavy atom. The highest BCUT2D eigenvalue weighted by molar-refractivity contribution is 5.92. The SMILES string of the molecule is NC1CC2(C1)CC(Nc1cc(C(=O)NCC(O)CN3CCc4ccccc4C3)ncn1)C2. The lowest BCUT2D eigenvalue weighted by atomic mass is 9.52. The highest BCUT2D eigenvalue weighted by Gasteiger charge is 2.51. The molecule has 3 aliphatic rings. The van der Waals surface area contributed by atoms with Crippen molar-refractivity contribution in [3.63, 3.8) is 0 Å². The normalized spacial score (nSPS) is 27.7. The molecule has 1 aromatic carbocycles. The van der Waals surface area contributed by atoms with Gasteiger partial charge in [0, 0.05) is 44.3 Å². The molecule has 0 saturated heterocycles. The molecule has 0 bridgehead atoms. The van der Waals surface area contributed by atoms with Gasteiger partial charge in [0.1, 0.15) is 17.8 Å². The summed E-state index contributed by atoms with van der Waals surface area (Å²) in [6.45, 7) is 2.46. The third-order valence-electron chi connectivity index (χ3n) is 7.18. The average Bonchev–Trinajstić information content (AvgIpc) is 2.75. The number of amides is 1. The van der Waals surface area contributed by atoms with Gasteiger partial charge in [0.15, 0.2) is 0 Å². The number of benzene rings is 1. The number of carbonyl (C=O) groups is 1. The van der Waals surface area contributed by atoms with E-state index in [0.717, 1.165) is 45.2 Å². The topological polar surface area (TPSA) is 116 Å². The van der Waals surface area contributed by atoms with Crippen LogP contribution in [0.2, 0.25) is 0 Å². The molecule has 5 rings (SSSR count). The fourth-order valence-electron chi connectivity index (χ4n) is 5.62. The summed E-state index contributed by atoms with van der Waals surface area (Å²) in [5.41, 5.74) is 9.37. The largest absolute Gasteiger partial charge is 0.390 e. The van der Waals surface area contributed by atoms with Crippen molar-refractivity contribution in [2.24, 2.45) is 11.1 Å². The van der Waals surface area contributed by atoms with Crippen LogP contribution in [-0.4, -0.2) is 63.7 Å². The monoisotopic (exact) mass is 436 g/mol. The van der Waals surface area contributed by atoms with Crippen molar-refractivity contribution in [1.29, 1.82) is 0 Å². The van der Waals surface area contributed by atoms with Gasteiger partial charge in [-0.05, 0) is 48.6 Å². The molecule has 1 atom stereocenters. The van der Waals surface area contributed by atoms with Gasteiger partial charge in [-0.3, -0.25) is 9.69 Å². The highest BCUT2D eigenvalue weighted by Crippen LogP contribution is 2.55. The number of nitrogens with two attached hydrogens (primary N) is 1. The molecule has 2 aromatic rings. The number of rotatable bonds is 7. The third kappa shape index (κ3) is 4.62. The Morgan fingerprint density at radius 2 is 2.00 bits per heavy atom. The molecule has 170 valence electrons. The first-order chi connectivity index (χ1) is 15.5. The van der Waals surface area contributed by atoms with E-state index in [1.807, 2.05) is 0 Å². The van der Waals surface area contributed by atoms with Crippen LogP contribution in [0, 0.1) is 5.41 Å². The van der Waals surface area contributed by atoms with Crippen molar-refractivity contribution in [2.75, 3.05) is 25.0 Å². The summed E-state index contributed by atoms with van der Waals surface area (Å²) >= 11 is 0. The van der Waals surface area contributed by atoms with Gasteiger partial charge in [0.05, 0.1) is 6.10 Å². The van der Waals surface area contributed by atoms with E-state index in [1.165, 1.54) is 17.5 Å². The maximum atomic E-state index is 12.6. The second-order valence-electron chi connectivity index (χ2n) is 9.82. The standard InChI is InChI=1S/C24H32N6O2/c25-18-8-24(9-18)10-19(11-24)29-22-7-21(27-15-28-22)23(32)26-12-20(31)14-30-6-5-16-3-1-2-4-17(16)13-30/h1-4,7,15,18-20,31H,5-6,8-14,25H2,(H,26,32)(H,27,28,29). The van der Waals surface area contributed by atoms with Crippen molar-refractivity contribution in [1.82, 2.24) is 20.2 Å². The molecule has 8 nitrogen and oxygen atoms in total. The van der Waals surface area contributed by atoms with Gasteiger partial charge in [0.2, 0.25) is 0 Å². The Morgan fingerprint density at radius 3 is 2.78 bits per heavy atom.